The van der Waals surface area contributed by atoms with Crippen molar-refractivity contribution in [3.05, 3.63) is 81.8 Å². The maximum Gasteiger partial charge on any atom is 0.251 e. The van der Waals surface area contributed by atoms with E-state index in [-0.39, 0.29) is 11.3 Å². The van der Waals surface area contributed by atoms with Gasteiger partial charge in [0.05, 0.1) is 10.7 Å². The van der Waals surface area contributed by atoms with Gasteiger partial charge in [0.2, 0.25) is 0 Å². The van der Waals surface area contributed by atoms with Crippen LogP contribution in [0.5, 0.6) is 5.75 Å². The number of nitrogens with zero attached hydrogens (tertiary/aromatic N) is 1. The fourth-order valence-electron chi connectivity index (χ4n) is 3.65. The maximum absolute atomic E-state index is 12.6. The summed E-state index contributed by atoms with van der Waals surface area (Å²) in [6.07, 6.45) is 3.47. The van der Waals surface area contributed by atoms with Crippen LogP contribution in [0.25, 0.3) is 0 Å². The molecule has 1 N–H and O–H groups in total. The smallest absolute Gasteiger partial charge is 0.251 e. The predicted octanol–water partition coefficient (Wildman–Crippen LogP) is 4.88. The number of aromatic nitrogens is 1. The highest BCUT2D eigenvalue weighted by Crippen LogP contribution is 2.43. The molecule has 0 aliphatic heterocycles. The van der Waals surface area contributed by atoms with Crippen molar-refractivity contribution in [2.75, 3.05) is 6.54 Å². The van der Waals surface area contributed by atoms with E-state index in [2.05, 4.69) is 34.6 Å². The summed E-state index contributed by atoms with van der Waals surface area (Å²) in [5.74, 6) is 0.700. The average Bonchev–Trinajstić information content (AvgIpc) is 3.12. The van der Waals surface area contributed by atoms with Gasteiger partial charge in [-0.15, -0.1) is 11.3 Å². The predicted molar refractivity (Wildman–Crippen MR) is 112 cm³/mol. The van der Waals surface area contributed by atoms with Gasteiger partial charge in [-0.3, -0.25) is 4.79 Å². The lowest BCUT2D eigenvalue weighted by molar-refractivity contribution is 0.0928. The summed E-state index contributed by atoms with van der Waals surface area (Å²) in [7, 11) is 0. The van der Waals surface area contributed by atoms with E-state index >= 15 is 0 Å². The van der Waals surface area contributed by atoms with Crippen LogP contribution in [0.15, 0.2) is 60.0 Å². The van der Waals surface area contributed by atoms with E-state index in [9.17, 15) is 4.79 Å². The third-order valence-corrected chi connectivity index (χ3v) is 6.28. The van der Waals surface area contributed by atoms with Crippen LogP contribution in [0, 0.1) is 6.92 Å². The average molecular weight is 393 g/mol. The summed E-state index contributed by atoms with van der Waals surface area (Å²) in [6.45, 7) is 3.10. The summed E-state index contributed by atoms with van der Waals surface area (Å²) in [6, 6.07) is 17.8. The van der Waals surface area contributed by atoms with E-state index in [1.54, 1.807) is 11.3 Å². The molecule has 0 unspecified atom stereocenters. The maximum atomic E-state index is 12.6. The van der Waals surface area contributed by atoms with Crippen molar-refractivity contribution in [3.63, 3.8) is 0 Å². The number of hydrogen-bond donors (Lipinski definition) is 1. The second-order valence-electron chi connectivity index (χ2n) is 7.35. The van der Waals surface area contributed by atoms with Gasteiger partial charge in [0.25, 0.3) is 5.91 Å². The molecule has 0 atom stereocenters. The quantitative estimate of drug-likeness (QED) is 0.623. The molecule has 0 radical (unpaired) electrons. The monoisotopic (exact) mass is 392 g/mol. The Kier molecular flexibility index (Phi) is 5.44. The van der Waals surface area contributed by atoms with Crippen molar-refractivity contribution < 1.29 is 9.53 Å². The van der Waals surface area contributed by atoms with Crippen molar-refractivity contribution in [1.29, 1.82) is 0 Å². The number of ether oxygens (including phenoxy) is 1. The third-order valence-electron chi connectivity index (χ3n) is 5.45. The zero-order valence-electron chi connectivity index (χ0n) is 16.0. The topological polar surface area (TPSA) is 51.2 Å². The molecule has 1 amide bonds. The summed E-state index contributed by atoms with van der Waals surface area (Å²) in [5.41, 5.74) is 2.99. The molecule has 144 valence electrons. The van der Waals surface area contributed by atoms with E-state index in [1.807, 2.05) is 42.6 Å². The minimum absolute atomic E-state index is 0.0381. The van der Waals surface area contributed by atoms with E-state index in [0.29, 0.717) is 18.7 Å². The first-order valence-electron chi connectivity index (χ1n) is 9.62. The lowest BCUT2D eigenvalue weighted by Crippen LogP contribution is -2.45. The first-order chi connectivity index (χ1) is 13.6. The Morgan fingerprint density at radius 2 is 1.89 bits per heavy atom. The second kappa shape index (κ2) is 8.15. The largest absolute Gasteiger partial charge is 0.487 e. The number of carbonyl (C=O) groups excluding carboxylic acids is 1. The lowest BCUT2D eigenvalue weighted by Gasteiger charge is -2.42. The number of carbonyl (C=O) groups is 1. The molecule has 1 saturated carbocycles. The van der Waals surface area contributed by atoms with Gasteiger partial charge in [0.1, 0.15) is 12.4 Å². The highest BCUT2D eigenvalue weighted by Gasteiger charge is 2.38. The van der Waals surface area contributed by atoms with Gasteiger partial charge >= 0.3 is 0 Å². The number of nitrogens with one attached hydrogen (secondary N) is 1. The number of benzene rings is 2. The van der Waals surface area contributed by atoms with Crippen LogP contribution in [0.3, 0.4) is 0 Å². The lowest BCUT2D eigenvalue weighted by atomic mass is 9.64. The molecule has 1 aliphatic carbocycles. The Morgan fingerprint density at radius 3 is 2.50 bits per heavy atom. The molecule has 0 bridgehead atoms. The van der Waals surface area contributed by atoms with E-state index in [1.165, 1.54) is 12.0 Å². The molecule has 1 aliphatic rings. The zero-order valence-corrected chi connectivity index (χ0v) is 16.8. The molecule has 28 heavy (non-hydrogen) atoms. The highest BCUT2D eigenvalue weighted by molar-refractivity contribution is 7.09. The summed E-state index contributed by atoms with van der Waals surface area (Å²) < 4.78 is 5.75. The Balaban J connectivity index is 1.33. The molecule has 1 fully saturated rings. The SMILES string of the molecule is Cc1nc(COc2ccc(C(=O)NCC3(c4ccccc4)CCC3)cc2)cs1. The van der Waals surface area contributed by atoms with Gasteiger partial charge in [0.15, 0.2) is 0 Å². The zero-order chi connectivity index (χ0) is 19.4. The molecule has 4 rings (SSSR count). The molecule has 3 aromatic rings. The molecule has 1 heterocycles. The second-order valence-corrected chi connectivity index (χ2v) is 8.42. The first kappa shape index (κ1) is 18.7. The Morgan fingerprint density at radius 1 is 1.14 bits per heavy atom. The Labute approximate surface area is 169 Å². The van der Waals surface area contributed by atoms with Crippen molar-refractivity contribution in [1.82, 2.24) is 10.3 Å². The van der Waals surface area contributed by atoms with Crippen LogP contribution < -0.4 is 10.1 Å². The van der Waals surface area contributed by atoms with Crippen LogP contribution in [0.4, 0.5) is 0 Å². The van der Waals surface area contributed by atoms with Crippen LogP contribution in [-0.4, -0.2) is 17.4 Å². The van der Waals surface area contributed by atoms with Gasteiger partial charge < -0.3 is 10.1 Å². The van der Waals surface area contributed by atoms with Crippen LogP contribution in [0.1, 0.15) is 45.9 Å². The molecular weight excluding hydrogens is 368 g/mol. The van der Waals surface area contributed by atoms with Crippen molar-refractivity contribution in [2.45, 2.75) is 38.2 Å². The standard InChI is InChI=1S/C23H24N2O2S/c1-17-25-20(15-28-17)14-27-21-10-8-18(9-11-21)22(26)24-16-23(12-5-13-23)19-6-3-2-4-7-19/h2-4,6-11,15H,5,12-14,16H2,1H3,(H,24,26). The minimum atomic E-state index is -0.0381. The fourth-order valence-corrected chi connectivity index (χ4v) is 4.25. The van der Waals surface area contributed by atoms with Gasteiger partial charge in [0, 0.05) is 22.9 Å². The van der Waals surface area contributed by atoms with E-state index in [0.717, 1.165) is 29.3 Å². The molecule has 5 heteroatoms. The molecular formula is C23H24N2O2S. The van der Waals surface area contributed by atoms with Crippen molar-refractivity contribution in [2.24, 2.45) is 0 Å². The van der Waals surface area contributed by atoms with E-state index in [4.69, 9.17) is 4.74 Å². The Bertz CT molecular complexity index is 931. The molecule has 4 nitrogen and oxygen atoms in total. The summed E-state index contributed by atoms with van der Waals surface area (Å²) >= 11 is 1.61. The van der Waals surface area contributed by atoms with Crippen LogP contribution in [0.2, 0.25) is 0 Å². The number of rotatable bonds is 7. The minimum Gasteiger partial charge on any atom is -0.487 e. The molecule has 1 aromatic heterocycles. The van der Waals surface area contributed by atoms with Gasteiger partial charge in [-0.2, -0.15) is 0 Å². The molecule has 0 spiro atoms. The third kappa shape index (κ3) is 4.09. The first-order valence-corrected chi connectivity index (χ1v) is 10.5. The Hall–Kier alpha value is -2.66. The van der Waals surface area contributed by atoms with Crippen molar-refractivity contribution in [3.8, 4) is 5.75 Å². The molecule has 2 aromatic carbocycles. The summed E-state index contributed by atoms with van der Waals surface area (Å²) in [4.78, 5) is 17.0. The van der Waals surface area contributed by atoms with Gasteiger partial charge in [-0.25, -0.2) is 4.98 Å². The van der Waals surface area contributed by atoms with E-state index < -0.39 is 0 Å². The molecule has 0 saturated heterocycles. The van der Waals surface area contributed by atoms with Gasteiger partial charge in [-0.1, -0.05) is 36.8 Å². The number of hydrogen-bond acceptors (Lipinski definition) is 4. The van der Waals surface area contributed by atoms with Crippen LogP contribution >= 0.6 is 11.3 Å². The number of aryl methyl sites for hydroxylation is 1. The van der Waals surface area contributed by atoms with Crippen LogP contribution in [-0.2, 0) is 12.0 Å². The summed E-state index contributed by atoms with van der Waals surface area (Å²) in [5, 5.41) is 6.16. The van der Waals surface area contributed by atoms with Crippen molar-refractivity contribution >= 4 is 17.2 Å². The van der Waals surface area contributed by atoms with Gasteiger partial charge in [-0.05, 0) is 49.6 Å². The normalized spacial score (nSPS) is 14.9. The number of amides is 1. The number of thiazole rings is 1. The fraction of sp³-hybridized carbons (Fsp3) is 0.304. The highest BCUT2D eigenvalue weighted by atomic mass is 32.1.